The van der Waals surface area contributed by atoms with Crippen LogP contribution in [0.5, 0.6) is 0 Å². The quantitative estimate of drug-likeness (QED) is 0.506. The summed E-state index contributed by atoms with van der Waals surface area (Å²) in [4.78, 5) is 12.4. The second kappa shape index (κ2) is 2.13. The topological polar surface area (TPSA) is 40.5 Å². The molecular formula is C6H9NO2S. The van der Waals surface area contributed by atoms with E-state index in [4.69, 9.17) is 0 Å². The zero-order chi connectivity index (χ0) is 7.14. The fourth-order valence-electron chi connectivity index (χ4n) is 1.35. The summed E-state index contributed by atoms with van der Waals surface area (Å²) in [6.07, 6.45) is 0.863. The molecule has 1 N–H and O–H groups in total. The molecule has 2 unspecified atom stereocenters. The lowest BCUT2D eigenvalue weighted by Crippen LogP contribution is -2.58. The van der Waals surface area contributed by atoms with Crippen molar-refractivity contribution in [3.63, 3.8) is 0 Å². The summed E-state index contributed by atoms with van der Waals surface area (Å²) < 4.78 is 0. The average molecular weight is 159 g/mol. The molecule has 2 rings (SSSR count). The molecule has 0 bridgehead atoms. The van der Waals surface area contributed by atoms with Crippen molar-refractivity contribution in [2.45, 2.75) is 24.4 Å². The predicted octanol–water partition coefficient (Wildman–Crippen LogP) is 0.000100. The Kier molecular flexibility index (Phi) is 1.38. The largest absolute Gasteiger partial charge is 0.373 e. The number of rotatable bonds is 0. The van der Waals surface area contributed by atoms with Gasteiger partial charge in [0, 0.05) is 6.42 Å². The highest BCUT2D eigenvalue weighted by atomic mass is 32.2. The normalized spacial score (nSPS) is 38.9. The molecule has 3 nitrogen and oxygen atoms in total. The minimum atomic E-state index is -0.493. The van der Waals surface area contributed by atoms with Gasteiger partial charge in [-0.05, 0) is 5.75 Å². The molecule has 2 aliphatic rings. The fourth-order valence-corrected chi connectivity index (χ4v) is 2.65. The molecule has 2 atom stereocenters. The first-order valence-electron chi connectivity index (χ1n) is 3.40. The minimum Gasteiger partial charge on any atom is -0.373 e. The third-order valence-corrected chi connectivity index (χ3v) is 3.20. The van der Waals surface area contributed by atoms with Gasteiger partial charge in [0.25, 0.3) is 0 Å². The lowest BCUT2D eigenvalue weighted by molar-refractivity contribution is -0.157. The number of thioether (sulfide) groups is 1. The van der Waals surface area contributed by atoms with Gasteiger partial charge in [-0.3, -0.25) is 4.79 Å². The first kappa shape index (κ1) is 6.49. The van der Waals surface area contributed by atoms with E-state index in [-0.39, 0.29) is 11.3 Å². The Morgan fingerprint density at radius 1 is 1.70 bits per heavy atom. The van der Waals surface area contributed by atoms with Crippen molar-refractivity contribution < 1.29 is 9.90 Å². The van der Waals surface area contributed by atoms with Gasteiger partial charge in [0.1, 0.15) is 6.23 Å². The van der Waals surface area contributed by atoms with E-state index in [1.165, 1.54) is 0 Å². The van der Waals surface area contributed by atoms with Crippen LogP contribution in [0, 0.1) is 0 Å². The van der Waals surface area contributed by atoms with Crippen molar-refractivity contribution >= 4 is 17.7 Å². The Hall–Kier alpha value is -0.220. The first-order chi connectivity index (χ1) is 4.79. The van der Waals surface area contributed by atoms with Crippen LogP contribution in [0.15, 0.2) is 0 Å². The summed E-state index contributed by atoms with van der Waals surface area (Å²) in [6, 6.07) is 0. The van der Waals surface area contributed by atoms with E-state index < -0.39 is 6.23 Å². The van der Waals surface area contributed by atoms with E-state index in [9.17, 15) is 9.90 Å². The average Bonchev–Trinajstić information content (AvgIpc) is 1.85. The number of fused-ring (bicyclic) bond motifs is 1. The molecule has 1 amide bonds. The van der Waals surface area contributed by atoms with E-state index in [0.717, 1.165) is 12.2 Å². The Bertz CT molecular complexity index is 167. The monoisotopic (exact) mass is 159 g/mol. The lowest BCUT2D eigenvalue weighted by atomic mass is 10.1. The van der Waals surface area contributed by atoms with Crippen molar-refractivity contribution in [3.05, 3.63) is 0 Å². The van der Waals surface area contributed by atoms with E-state index in [2.05, 4.69) is 0 Å². The van der Waals surface area contributed by atoms with Gasteiger partial charge >= 0.3 is 0 Å². The number of carbonyl (C=O) groups excluding carboxylic acids is 1. The van der Waals surface area contributed by atoms with Crippen LogP contribution >= 0.6 is 11.8 Å². The minimum absolute atomic E-state index is 0.102. The fraction of sp³-hybridized carbons (Fsp3) is 0.833. The maximum absolute atomic E-state index is 10.8. The second-order valence-electron chi connectivity index (χ2n) is 2.60. The SMILES string of the molecule is O=C1CC2SCCC(O)N12. The summed E-state index contributed by atoms with van der Waals surface area (Å²) in [5.41, 5.74) is 0. The van der Waals surface area contributed by atoms with Crippen LogP contribution in [0.4, 0.5) is 0 Å². The van der Waals surface area contributed by atoms with Crippen molar-refractivity contribution in [3.8, 4) is 0 Å². The first-order valence-corrected chi connectivity index (χ1v) is 4.45. The molecule has 2 saturated heterocycles. The highest BCUT2D eigenvalue weighted by Crippen LogP contribution is 2.36. The van der Waals surface area contributed by atoms with Gasteiger partial charge in [0.05, 0.1) is 11.8 Å². The standard InChI is InChI=1S/C6H9NO2S/c8-4-1-2-10-6-3-5(9)7(4)6/h4,6,8H,1-3H2. The van der Waals surface area contributed by atoms with Crippen LogP contribution in [0.25, 0.3) is 0 Å². The molecule has 0 aromatic carbocycles. The molecule has 2 aliphatic heterocycles. The zero-order valence-corrected chi connectivity index (χ0v) is 6.30. The Labute approximate surface area is 63.4 Å². The second-order valence-corrected chi connectivity index (χ2v) is 3.89. The molecule has 4 heteroatoms. The summed E-state index contributed by atoms with van der Waals surface area (Å²) in [5.74, 6) is 1.08. The van der Waals surface area contributed by atoms with Crippen molar-refractivity contribution in [2.75, 3.05) is 5.75 Å². The predicted molar refractivity (Wildman–Crippen MR) is 38.3 cm³/mol. The summed E-state index contributed by atoms with van der Waals surface area (Å²) in [5, 5.41) is 9.55. The van der Waals surface area contributed by atoms with Crippen LogP contribution in [0.3, 0.4) is 0 Å². The zero-order valence-electron chi connectivity index (χ0n) is 5.49. The number of carbonyl (C=O) groups is 1. The summed E-state index contributed by atoms with van der Waals surface area (Å²) >= 11 is 1.77. The van der Waals surface area contributed by atoms with Gasteiger partial charge in [0.2, 0.25) is 5.91 Å². The molecule has 0 aromatic rings. The number of hydrogen-bond donors (Lipinski definition) is 1. The highest BCUT2D eigenvalue weighted by molar-refractivity contribution is 8.00. The molecule has 0 aliphatic carbocycles. The molecule has 2 fully saturated rings. The Morgan fingerprint density at radius 3 is 3.00 bits per heavy atom. The number of β-lactam (4-membered cyclic amide) rings is 1. The molecule has 0 radical (unpaired) electrons. The van der Waals surface area contributed by atoms with Crippen LogP contribution in [0.2, 0.25) is 0 Å². The highest BCUT2D eigenvalue weighted by Gasteiger charge is 2.42. The third kappa shape index (κ3) is 0.754. The van der Waals surface area contributed by atoms with E-state index in [1.807, 2.05) is 0 Å². The lowest BCUT2D eigenvalue weighted by Gasteiger charge is -2.46. The van der Waals surface area contributed by atoms with Crippen molar-refractivity contribution in [1.82, 2.24) is 4.90 Å². The van der Waals surface area contributed by atoms with E-state index >= 15 is 0 Å². The maximum Gasteiger partial charge on any atom is 0.228 e. The molecule has 0 saturated carbocycles. The number of amides is 1. The van der Waals surface area contributed by atoms with E-state index in [0.29, 0.717) is 6.42 Å². The van der Waals surface area contributed by atoms with Gasteiger partial charge in [-0.15, -0.1) is 11.8 Å². The van der Waals surface area contributed by atoms with Crippen LogP contribution in [-0.2, 0) is 4.79 Å². The number of aliphatic hydroxyl groups excluding tert-OH is 1. The molecule has 2 heterocycles. The van der Waals surface area contributed by atoms with Crippen LogP contribution in [0.1, 0.15) is 12.8 Å². The van der Waals surface area contributed by atoms with Crippen molar-refractivity contribution in [2.24, 2.45) is 0 Å². The Balaban J connectivity index is 2.07. The molecule has 56 valence electrons. The maximum atomic E-state index is 10.8. The molecular weight excluding hydrogens is 150 g/mol. The van der Waals surface area contributed by atoms with E-state index in [1.54, 1.807) is 16.7 Å². The smallest absolute Gasteiger partial charge is 0.228 e. The van der Waals surface area contributed by atoms with Crippen LogP contribution in [-0.4, -0.2) is 33.3 Å². The van der Waals surface area contributed by atoms with Gasteiger partial charge in [-0.1, -0.05) is 0 Å². The third-order valence-electron chi connectivity index (χ3n) is 1.95. The molecule has 0 spiro atoms. The molecule has 10 heavy (non-hydrogen) atoms. The van der Waals surface area contributed by atoms with Gasteiger partial charge in [0.15, 0.2) is 0 Å². The number of hydrogen-bond acceptors (Lipinski definition) is 3. The summed E-state index contributed by atoms with van der Waals surface area (Å²) in [7, 11) is 0. The summed E-state index contributed by atoms with van der Waals surface area (Å²) in [6.45, 7) is 0. The van der Waals surface area contributed by atoms with Gasteiger partial charge < -0.3 is 10.0 Å². The molecule has 0 aromatic heterocycles. The number of nitrogens with zero attached hydrogens (tertiary/aromatic N) is 1. The Morgan fingerprint density at radius 2 is 2.50 bits per heavy atom. The number of aliphatic hydroxyl groups is 1. The van der Waals surface area contributed by atoms with Gasteiger partial charge in [-0.2, -0.15) is 0 Å². The van der Waals surface area contributed by atoms with Gasteiger partial charge in [-0.25, -0.2) is 0 Å². The van der Waals surface area contributed by atoms with Crippen molar-refractivity contribution in [1.29, 1.82) is 0 Å². The van der Waals surface area contributed by atoms with Crippen LogP contribution < -0.4 is 0 Å².